The van der Waals surface area contributed by atoms with Crippen molar-refractivity contribution in [2.75, 3.05) is 26.7 Å². The second-order valence-electron chi connectivity index (χ2n) is 8.24. The summed E-state index contributed by atoms with van der Waals surface area (Å²) >= 11 is 0. The van der Waals surface area contributed by atoms with Crippen LogP contribution >= 0.6 is 0 Å². The molecule has 0 saturated heterocycles. The topological polar surface area (TPSA) is 83.0 Å². The molecule has 1 aliphatic heterocycles. The largest absolute Gasteiger partial charge is 0.472 e. The van der Waals surface area contributed by atoms with Gasteiger partial charge >= 0.3 is 0 Å². The maximum atomic E-state index is 13.2. The number of hydrogen-bond donors (Lipinski definition) is 1. The molecule has 0 bridgehead atoms. The average Bonchev–Trinajstić information content (AvgIpc) is 3.55. The molecule has 158 valence electrons. The Morgan fingerprint density at radius 1 is 1.48 bits per heavy atom. The van der Waals surface area contributed by atoms with E-state index in [2.05, 4.69) is 4.98 Å². The fraction of sp³-hybridized carbons (Fsp3) is 0.591. The fourth-order valence-corrected chi connectivity index (χ4v) is 3.62. The molecule has 0 unspecified atom stereocenters. The molecule has 0 spiro atoms. The Labute approximate surface area is 172 Å². The molecule has 1 N–H and O–H groups in total. The summed E-state index contributed by atoms with van der Waals surface area (Å²) in [6, 6.07) is 1.45. The molecular formula is C22H31N3O4. The predicted octanol–water partition coefficient (Wildman–Crippen LogP) is 2.20. The van der Waals surface area contributed by atoms with Gasteiger partial charge in [0.15, 0.2) is 0 Å². The molecule has 1 saturated carbocycles. The molecule has 2 amide bonds. The van der Waals surface area contributed by atoms with E-state index >= 15 is 0 Å². The number of likely N-dealkylation sites (N-methyl/N-ethyl adjacent to an activating group) is 1. The van der Waals surface area contributed by atoms with Gasteiger partial charge in [-0.15, -0.1) is 0 Å². The number of pyridine rings is 1. The molecule has 7 nitrogen and oxygen atoms in total. The van der Waals surface area contributed by atoms with Gasteiger partial charge in [0.25, 0.3) is 5.91 Å². The monoisotopic (exact) mass is 401 g/mol. The summed E-state index contributed by atoms with van der Waals surface area (Å²) in [5, 5.41) is 9.69. The van der Waals surface area contributed by atoms with Crippen LogP contribution in [-0.4, -0.2) is 70.6 Å². The van der Waals surface area contributed by atoms with Gasteiger partial charge in [0.05, 0.1) is 19.2 Å². The molecule has 7 heteroatoms. The Hall–Kier alpha value is -2.41. The number of carbonyl (C=O) groups is 2. The van der Waals surface area contributed by atoms with Crippen molar-refractivity contribution < 1.29 is 19.4 Å². The van der Waals surface area contributed by atoms with Crippen LogP contribution in [0.1, 0.15) is 49.5 Å². The van der Waals surface area contributed by atoms with Gasteiger partial charge in [-0.25, -0.2) is 4.98 Å². The Morgan fingerprint density at radius 2 is 2.21 bits per heavy atom. The molecule has 1 aromatic rings. The van der Waals surface area contributed by atoms with Gasteiger partial charge in [0.2, 0.25) is 11.8 Å². The second-order valence-corrected chi connectivity index (χ2v) is 8.24. The summed E-state index contributed by atoms with van der Waals surface area (Å²) in [7, 11) is 1.80. The van der Waals surface area contributed by atoms with Crippen molar-refractivity contribution >= 4 is 17.9 Å². The number of carbonyl (C=O) groups excluding carboxylic acids is 2. The zero-order valence-corrected chi connectivity index (χ0v) is 17.7. The lowest BCUT2D eigenvalue weighted by Gasteiger charge is -2.37. The van der Waals surface area contributed by atoms with Crippen LogP contribution in [0, 0.1) is 11.8 Å². The van der Waals surface area contributed by atoms with Crippen LogP contribution in [0.25, 0.3) is 6.08 Å². The van der Waals surface area contributed by atoms with Gasteiger partial charge in [-0.05, 0) is 38.3 Å². The summed E-state index contributed by atoms with van der Waals surface area (Å²) < 4.78 is 6.20. The predicted molar refractivity (Wildman–Crippen MR) is 110 cm³/mol. The van der Waals surface area contributed by atoms with Crippen LogP contribution in [0.3, 0.4) is 0 Å². The minimum atomic E-state index is -0.326. The summed E-state index contributed by atoms with van der Waals surface area (Å²) in [5.74, 6) is 0.337. The van der Waals surface area contributed by atoms with E-state index in [0.717, 1.165) is 18.4 Å². The number of hydrogen-bond acceptors (Lipinski definition) is 5. The summed E-state index contributed by atoms with van der Waals surface area (Å²) in [4.78, 5) is 33.5. The Balaban J connectivity index is 1.93. The third-order valence-electron chi connectivity index (χ3n) is 5.66. The summed E-state index contributed by atoms with van der Waals surface area (Å²) in [6.07, 6.45) is 7.05. The molecule has 2 aliphatic rings. The molecule has 0 aromatic carbocycles. The Bertz CT molecular complexity index is 790. The molecule has 3 rings (SSSR count). The van der Waals surface area contributed by atoms with Gasteiger partial charge in [0, 0.05) is 31.6 Å². The molecule has 3 atom stereocenters. The number of aromatic nitrogens is 1. The SMILES string of the molecule is C/C=C/c1cnc2c(c1)C(=O)N([C@H](C)CO)C[C@@H](C)[C@@H](CN(C)C(=O)C1CC1)O2. The number of fused-ring (bicyclic) bond motifs is 1. The van der Waals surface area contributed by atoms with Crippen LogP contribution in [0.2, 0.25) is 0 Å². The highest BCUT2D eigenvalue weighted by Crippen LogP contribution is 2.32. The number of rotatable bonds is 6. The maximum absolute atomic E-state index is 13.2. The van der Waals surface area contributed by atoms with Crippen LogP contribution in [0.15, 0.2) is 18.3 Å². The van der Waals surface area contributed by atoms with Gasteiger partial charge in [0.1, 0.15) is 11.7 Å². The van der Waals surface area contributed by atoms with E-state index in [1.165, 1.54) is 0 Å². The number of aliphatic hydroxyl groups excluding tert-OH is 1. The van der Waals surface area contributed by atoms with Gasteiger partial charge in [-0.3, -0.25) is 9.59 Å². The number of ether oxygens (including phenoxy) is 1. The minimum absolute atomic E-state index is 0.0347. The molecule has 1 aliphatic carbocycles. The Morgan fingerprint density at radius 3 is 2.83 bits per heavy atom. The highest BCUT2D eigenvalue weighted by atomic mass is 16.5. The van der Waals surface area contributed by atoms with E-state index in [-0.39, 0.29) is 48.3 Å². The van der Waals surface area contributed by atoms with Gasteiger partial charge in [-0.2, -0.15) is 0 Å². The first-order chi connectivity index (χ1) is 13.8. The fourth-order valence-electron chi connectivity index (χ4n) is 3.62. The number of nitrogens with zero attached hydrogens (tertiary/aromatic N) is 3. The van der Waals surface area contributed by atoms with Crippen molar-refractivity contribution in [3.63, 3.8) is 0 Å². The van der Waals surface area contributed by atoms with Crippen molar-refractivity contribution in [2.45, 2.75) is 45.8 Å². The van der Waals surface area contributed by atoms with Crippen molar-refractivity contribution in [1.82, 2.24) is 14.8 Å². The van der Waals surface area contributed by atoms with Crippen molar-refractivity contribution in [1.29, 1.82) is 0 Å². The lowest BCUT2D eigenvalue weighted by molar-refractivity contribution is -0.132. The first-order valence-corrected chi connectivity index (χ1v) is 10.3. The van der Waals surface area contributed by atoms with Crippen molar-refractivity contribution in [2.24, 2.45) is 11.8 Å². The number of amides is 2. The lowest BCUT2D eigenvalue weighted by atomic mass is 9.99. The van der Waals surface area contributed by atoms with Crippen LogP contribution in [-0.2, 0) is 4.79 Å². The second kappa shape index (κ2) is 8.95. The van der Waals surface area contributed by atoms with E-state index < -0.39 is 0 Å². The van der Waals surface area contributed by atoms with Gasteiger partial charge in [-0.1, -0.05) is 19.1 Å². The average molecular weight is 402 g/mol. The van der Waals surface area contributed by atoms with Crippen LogP contribution < -0.4 is 4.74 Å². The maximum Gasteiger partial charge on any atom is 0.259 e. The third kappa shape index (κ3) is 4.78. The molecule has 2 heterocycles. The van der Waals surface area contributed by atoms with E-state index in [9.17, 15) is 14.7 Å². The molecule has 0 radical (unpaired) electrons. The van der Waals surface area contributed by atoms with E-state index in [4.69, 9.17) is 4.74 Å². The Kier molecular flexibility index (Phi) is 6.57. The third-order valence-corrected chi connectivity index (χ3v) is 5.66. The first kappa shape index (κ1) is 21.3. The molecule has 29 heavy (non-hydrogen) atoms. The zero-order valence-electron chi connectivity index (χ0n) is 17.7. The normalized spacial score (nSPS) is 23.2. The lowest BCUT2D eigenvalue weighted by Crippen LogP contribution is -2.50. The highest BCUT2D eigenvalue weighted by Gasteiger charge is 2.37. The quantitative estimate of drug-likeness (QED) is 0.790. The minimum Gasteiger partial charge on any atom is -0.472 e. The number of aliphatic hydroxyl groups is 1. The molecule has 1 aromatic heterocycles. The zero-order chi connectivity index (χ0) is 21.1. The smallest absolute Gasteiger partial charge is 0.259 e. The van der Waals surface area contributed by atoms with Gasteiger partial charge < -0.3 is 19.6 Å². The van der Waals surface area contributed by atoms with E-state index in [1.54, 1.807) is 29.1 Å². The van der Waals surface area contributed by atoms with E-state index in [1.807, 2.05) is 32.9 Å². The first-order valence-electron chi connectivity index (χ1n) is 10.3. The standard InChI is InChI=1S/C22H31N3O4/c1-5-6-16-9-18-20(23-10-16)29-19(12-24(4)21(27)17-7-8-17)14(2)11-25(22(18)28)15(3)13-26/h5-6,9-10,14-15,17,19,26H,7-8,11-13H2,1-4H3/b6-5+/t14-,15-,19-/m1/s1. The number of allylic oxidation sites excluding steroid dienone is 1. The van der Waals surface area contributed by atoms with Crippen molar-refractivity contribution in [3.05, 3.63) is 29.5 Å². The molecule has 1 fully saturated rings. The summed E-state index contributed by atoms with van der Waals surface area (Å²) in [6.45, 7) is 6.48. The van der Waals surface area contributed by atoms with Crippen LogP contribution in [0.4, 0.5) is 0 Å². The summed E-state index contributed by atoms with van der Waals surface area (Å²) in [5.41, 5.74) is 1.19. The van der Waals surface area contributed by atoms with E-state index in [0.29, 0.717) is 18.7 Å². The molecular weight excluding hydrogens is 370 g/mol. The highest BCUT2D eigenvalue weighted by molar-refractivity contribution is 5.97. The van der Waals surface area contributed by atoms with Crippen molar-refractivity contribution in [3.8, 4) is 5.88 Å². The van der Waals surface area contributed by atoms with Crippen LogP contribution in [0.5, 0.6) is 5.88 Å².